The van der Waals surface area contributed by atoms with Gasteiger partial charge < -0.3 is 0 Å². The number of halogens is 2. The highest BCUT2D eigenvalue weighted by Gasteiger charge is 2.25. The Balaban J connectivity index is 3.45. The Kier molecular flexibility index (Phi) is 4.75. The summed E-state index contributed by atoms with van der Waals surface area (Å²) >= 11 is 5.00. The Hall–Kier alpha value is 1.11. The van der Waals surface area contributed by atoms with Gasteiger partial charge in [0, 0.05) is 7.14 Å². The van der Waals surface area contributed by atoms with Crippen molar-refractivity contribution in [2.75, 3.05) is 0 Å². The standard InChI is InChI=1S/C12H20I2Si2/c1-15(2,3)11-8-12(16(4,5)6)10(14)7-9(11)13/h7-8H,1-6H3. The van der Waals surface area contributed by atoms with Crippen LogP contribution in [-0.4, -0.2) is 16.1 Å². The molecule has 1 aromatic rings. The summed E-state index contributed by atoms with van der Waals surface area (Å²) in [5.41, 5.74) is 0. The molecule has 0 spiro atoms. The van der Waals surface area contributed by atoms with E-state index in [-0.39, 0.29) is 0 Å². The molecule has 0 aliphatic rings. The number of benzene rings is 1. The summed E-state index contributed by atoms with van der Waals surface area (Å²) in [5, 5.41) is 3.26. The number of rotatable bonds is 2. The van der Waals surface area contributed by atoms with Crippen LogP contribution in [0, 0.1) is 7.14 Å². The van der Waals surface area contributed by atoms with Gasteiger partial charge in [-0.25, -0.2) is 0 Å². The van der Waals surface area contributed by atoms with Gasteiger partial charge in [0.25, 0.3) is 0 Å². The van der Waals surface area contributed by atoms with Crippen molar-refractivity contribution in [1.82, 2.24) is 0 Å². The van der Waals surface area contributed by atoms with Crippen LogP contribution in [0.25, 0.3) is 0 Å². The molecule has 0 atom stereocenters. The largest absolute Gasteiger partial charge is 0.0789 e. The van der Waals surface area contributed by atoms with Gasteiger partial charge in [-0.15, -0.1) is 0 Å². The maximum absolute atomic E-state index is 2.52. The summed E-state index contributed by atoms with van der Waals surface area (Å²) in [5.74, 6) is 0. The van der Waals surface area contributed by atoms with Gasteiger partial charge in [0.1, 0.15) is 0 Å². The lowest BCUT2D eigenvalue weighted by atomic mass is 10.4. The van der Waals surface area contributed by atoms with Crippen molar-refractivity contribution in [1.29, 1.82) is 0 Å². The molecule has 0 saturated carbocycles. The Morgan fingerprint density at radius 2 is 1.00 bits per heavy atom. The Labute approximate surface area is 129 Å². The second-order valence-corrected chi connectivity index (χ2v) is 18.7. The fourth-order valence-corrected chi connectivity index (χ4v) is 11.0. The molecule has 0 N–H and O–H groups in total. The lowest BCUT2D eigenvalue weighted by Gasteiger charge is -2.25. The van der Waals surface area contributed by atoms with Crippen molar-refractivity contribution in [3.05, 3.63) is 19.3 Å². The molecule has 0 aliphatic carbocycles. The third-order valence-electron chi connectivity index (χ3n) is 2.67. The predicted molar refractivity (Wildman–Crippen MR) is 97.8 cm³/mol. The lowest BCUT2D eigenvalue weighted by Crippen LogP contribution is -2.47. The first-order chi connectivity index (χ1) is 7.03. The fraction of sp³-hybridized carbons (Fsp3) is 0.500. The summed E-state index contributed by atoms with van der Waals surface area (Å²) in [4.78, 5) is 0. The van der Waals surface area contributed by atoms with Gasteiger partial charge in [-0.3, -0.25) is 0 Å². The van der Waals surface area contributed by atoms with Gasteiger partial charge in [0.2, 0.25) is 0 Å². The van der Waals surface area contributed by atoms with Gasteiger partial charge in [-0.2, -0.15) is 0 Å². The quantitative estimate of drug-likeness (QED) is 0.450. The monoisotopic (exact) mass is 474 g/mol. The van der Waals surface area contributed by atoms with Crippen LogP contribution in [0.3, 0.4) is 0 Å². The number of hydrogen-bond acceptors (Lipinski definition) is 0. The molecule has 0 aliphatic heterocycles. The molecule has 0 radical (unpaired) electrons. The zero-order valence-electron chi connectivity index (χ0n) is 10.9. The first-order valence-corrected chi connectivity index (χ1v) is 14.7. The van der Waals surface area contributed by atoms with Crippen molar-refractivity contribution in [3.63, 3.8) is 0 Å². The zero-order valence-corrected chi connectivity index (χ0v) is 17.2. The van der Waals surface area contributed by atoms with Crippen molar-refractivity contribution in [2.45, 2.75) is 39.3 Å². The molecule has 16 heavy (non-hydrogen) atoms. The third-order valence-corrected chi connectivity index (χ3v) is 9.53. The van der Waals surface area contributed by atoms with Crippen LogP contribution in [0.15, 0.2) is 12.1 Å². The van der Waals surface area contributed by atoms with Crippen LogP contribution in [0.1, 0.15) is 0 Å². The Morgan fingerprint density at radius 1 is 0.688 bits per heavy atom. The van der Waals surface area contributed by atoms with Gasteiger partial charge >= 0.3 is 0 Å². The predicted octanol–water partition coefficient (Wildman–Crippen LogP) is 3.99. The molecule has 1 aromatic carbocycles. The molecule has 0 amide bonds. The smallest absolute Gasteiger partial charge is 0.0656 e. The van der Waals surface area contributed by atoms with Crippen molar-refractivity contribution in [3.8, 4) is 0 Å². The van der Waals surface area contributed by atoms with E-state index >= 15 is 0 Å². The van der Waals surface area contributed by atoms with Crippen molar-refractivity contribution < 1.29 is 0 Å². The molecule has 4 heteroatoms. The minimum Gasteiger partial charge on any atom is -0.0656 e. The van der Waals surface area contributed by atoms with E-state index in [1.165, 1.54) is 7.14 Å². The second kappa shape index (κ2) is 5.01. The van der Waals surface area contributed by atoms with Crippen LogP contribution < -0.4 is 10.4 Å². The molecular formula is C12H20I2Si2. The van der Waals surface area contributed by atoms with Crippen LogP contribution >= 0.6 is 45.2 Å². The summed E-state index contributed by atoms with van der Waals surface area (Å²) < 4.78 is 2.92. The molecule has 0 heterocycles. The van der Waals surface area contributed by atoms with Gasteiger partial charge in [-0.1, -0.05) is 45.3 Å². The number of hydrogen-bond donors (Lipinski definition) is 0. The Morgan fingerprint density at radius 3 is 1.25 bits per heavy atom. The van der Waals surface area contributed by atoms with E-state index in [1.54, 1.807) is 10.4 Å². The van der Waals surface area contributed by atoms with Gasteiger partial charge in [0.15, 0.2) is 0 Å². The van der Waals surface area contributed by atoms with E-state index in [0.717, 1.165) is 0 Å². The topological polar surface area (TPSA) is 0 Å². The van der Waals surface area contributed by atoms with E-state index in [4.69, 9.17) is 0 Å². The van der Waals surface area contributed by atoms with Crippen molar-refractivity contribution in [2.24, 2.45) is 0 Å². The normalized spacial score (nSPS) is 13.0. The Bertz CT molecular complexity index is 365. The molecule has 0 nitrogen and oxygen atoms in total. The van der Waals surface area contributed by atoms with E-state index < -0.39 is 16.1 Å². The summed E-state index contributed by atoms with van der Waals surface area (Å²) in [6.07, 6.45) is 0. The molecule has 0 bridgehead atoms. The molecule has 0 fully saturated rings. The minimum atomic E-state index is -1.20. The van der Waals surface area contributed by atoms with Crippen LogP contribution in [0.2, 0.25) is 39.3 Å². The van der Waals surface area contributed by atoms with Crippen LogP contribution in [0.5, 0.6) is 0 Å². The average Bonchev–Trinajstić information content (AvgIpc) is 1.97. The maximum atomic E-state index is 2.52. The van der Waals surface area contributed by atoms with Gasteiger partial charge in [0.05, 0.1) is 16.1 Å². The molecule has 0 saturated heterocycles. The van der Waals surface area contributed by atoms with Crippen LogP contribution in [0.4, 0.5) is 0 Å². The molecule has 1 rings (SSSR count). The lowest BCUT2D eigenvalue weighted by molar-refractivity contribution is 1.59. The SMILES string of the molecule is C[Si](C)(C)c1cc([Si](C)(C)C)c(I)cc1I. The van der Waals surface area contributed by atoms with E-state index in [2.05, 4.69) is 96.6 Å². The average molecular weight is 474 g/mol. The van der Waals surface area contributed by atoms with E-state index in [1.807, 2.05) is 0 Å². The van der Waals surface area contributed by atoms with Crippen LogP contribution in [-0.2, 0) is 0 Å². The van der Waals surface area contributed by atoms with E-state index in [0.29, 0.717) is 0 Å². The fourth-order valence-electron chi connectivity index (χ4n) is 1.70. The van der Waals surface area contributed by atoms with Crippen molar-refractivity contribution >= 4 is 71.7 Å². The van der Waals surface area contributed by atoms with E-state index in [9.17, 15) is 0 Å². The summed E-state index contributed by atoms with van der Waals surface area (Å²) in [6.45, 7) is 14.6. The summed E-state index contributed by atoms with van der Waals surface area (Å²) in [7, 11) is -2.40. The highest BCUT2D eigenvalue weighted by atomic mass is 127. The molecular weight excluding hydrogens is 454 g/mol. The molecule has 0 unspecified atom stereocenters. The zero-order chi connectivity index (χ0) is 12.7. The maximum Gasteiger partial charge on any atom is 0.0789 e. The highest BCUT2D eigenvalue weighted by molar-refractivity contribution is 14.1. The molecule has 0 aromatic heterocycles. The minimum absolute atomic E-state index is 1.20. The van der Waals surface area contributed by atoms with Gasteiger partial charge in [-0.05, 0) is 61.6 Å². The summed E-state index contributed by atoms with van der Waals surface area (Å²) in [6, 6.07) is 4.89. The molecule has 90 valence electrons. The first kappa shape index (κ1) is 15.2. The highest BCUT2D eigenvalue weighted by Crippen LogP contribution is 2.16. The second-order valence-electron chi connectivity index (χ2n) is 6.31. The third kappa shape index (κ3) is 3.55. The first-order valence-electron chi connectivity index (χ1n) is 5.53.